The summed E-state index contributed by atoms with van der Waals surface area (Å²) >= 11 is 0. The fourth-order valence-corrected chi connectivity index (χ4v) is 4.03. The molecule has 0 spiro atoms. The van der Waals surface area contributed by atoms with E-state index in [1.807, 2.05) is 0 Å². The molecule has 1 nitrogen and oxygen atoms in total. The van der Waals surface area contributed by atoms with Gasteiger partial charge in [-0.15, -0.1) is 0 Å². The van der Waals surface area contributed by atoms with Crippen LogP contribution in [0.3, 0.4) is 0 Å². The van der Waals surface area contributed by atoms with Crippen LogP contribution in [0.2, 0.25) is 0 Å². The van der Waals surface area contributed by atoms with Gasteiger partial charge in [-0.25, -0.2) is 0 Å². The highest BCUT2D eigenvalue weighted by atomic mass is 31.1. The second-order valence-electron chi connectivity index (χ2n) is 6.39. The molecule has 0 heterocycles. The van der Waals surface area contributed by atoms with Gasteiger partial charge < -0.3 is 0 Å². The molecule has 0 saturated carbocycles. The molecule has 1 rings (SSSR count). The minimum Gasteiger partial charge on any atom is -0.275 e. The molecule has 0 aliphatic carbocycles. The normalized spacial score (nSPS) is 13.1. The van der Waals surface area contributed by atoms with Gasteiger partial charge in [0.2, 0.25) is 0 Å². The standard InChI is InChI=1S/C17H26NP/c1-13-11-14(2)16(15(3)12-13)19(18(7)8)10-9-17(4,5)6/h11-12H,1-8H3. The molecule has 104 valence electrons. The number of hydrogen-bond donors (Lipinski definition) is 0. The first-order valence-corrected chi connectivity index (χ1v) is 7.99. The Bertz CT molecular complexity index is 489. The molecule has 1 atom stereocenters. The monoisotopic (exact) mass is 275 g/mol. The lowest BCUT2D eigenvalue weighted by Gasteiger charge is -2.24. The van der Waals surface area contributed by atoms with Crippen molar-refractivity contribution in [2.75, 3.05) is 14.1 Å². The van der Waals surface area contributed by atoms with Crippen LogP contribution >= 0.6 is 8.07 Å². The van der Waals surface area contributed by atoms with Gasteiger partial charge in [0.05, 0.1) is 8.07 Å². The third-order valence-corrected chi connectivity index (χ3v) is 5.04. The fourth-order valence-electron chi connectivity index (χ4n) is 2.08. The Morgan fingerprint density at radius 1 is 1.00 bits per heavy atom. The maximum absolute atomic E-state index is 3.52. The Morgan fingerprint density at radius 2 is 1.47 bits per heavy atom. The van der Waals surface area contributed by atoms with Crippen molar-refractivity contribution in [3.8, 4) is 11.6 Å². The van der Waals surface area contributed by atoms with Gasteiger partial charge >= 0.3 is 0 Å². The van der Waals surface area contributed by atoms with Crippen LogP contribution in [0.1, 0.15) is 37.5 Å². The lowest BCUT2D eigenvalue weighted by Crippen LogP contribution is -2.19. The number of aryl methyl sites for hydroxylation is 3. The van der Waals surface area contributed by atoms with Gasteiger partial charge in [0.15, 0.2) is 0 Å². The van der Waals surface area contributed by atoms with Gasteiger partial charge in [-0.2, -0.15) is 0 Å². The summed E-state index contributed by atoms with van der Waals surface area (Å²) < 4.78 is 2.26. The first kappa shape index (κ1) is 16.2. The molecule has 0 radical (unpaired) electrons. The first-order chi connectivity index (χ1) is 8.61. The molecule has 0 aliphatic rings. The topological polar surface area (TPSA) is 3.24 Å². The van der Waals surface area contributed by atoms with Crippen LogP contribution in [-0.4, -0.2) is 18.8 Å². The smallest absolute Gasteiger partial charge is 0.0762 e. The van der Waals surface area contributed by atoms with Crippen LogP contribution in [0.15, 0.2) is 12.1 Å². The zero-order chi connectivity index (χ0) is 14.8. The Kier molecular flexibility index (Phi) is 5.19. The third kappa shape index (κ3) is 4.64. The molecule has 0 aliphatic heterocycles. The van der Waals surface area contributed by atoms with Crippen molar-refractivity contribution in [2.24, 2.45) is 5.41 Å². The Labute approximate surface area is 120 Å². The van der Waals surface area contributed by atoms with E-state index in [2.05, 4.69) is 84.0 Å². The highest BCUT2D eigenvalue weighted by Gasteiger charge is 2.17. The van der Waals surface area contributed by atoms with E-state index in [-0.39, 0.29) is 5.41 Å². The lowest BCUT2D eigenvalue weighted by molar-refractivity contribution is 0.571. The van der Waals surface area contributed by atoms with Crippen molar-refractivity contribution < 1.29 is 0 Å². The molecule has 0 amide bonds. The zero-order valence-corrected chi connectivity index (χ0v) is 14.4. The molecule has 0 fully saturated rings. The van der Waals surface area contributed by atoms with E-state index in [9.17, 15) is 0 Å². The maximum Gasteiger partial charge on any atom is 0.0762 e. The molecule has 0 bridgehead atoms. The van der Waals surface area contributed by atoms with Crippen LogP contribution in [0.4, 0.5) is 0 Å². The van der Waals surface area contributed by atoms with Crippen LogP contribution in [0.5, 0.6) is 0 Å². The summed E-state index contributed by atoms with van der Waals surface area (Å²) in [5, 5.41) is 1.42. The van der Waals surface area contributed by atoms with Gasteiger partial charge in [-0.3, -0.25) is 4.67 Å². The van der Waals surface area contributed by atoms with E-state index >= 15 is 0 Å². The second kappa shape index (κ2) is 6.08. The Morgan fingerprint density at radius 3 is 1.84 bits per heavy atom. The Hall–Kier alpha value is -0.830. The van der Waals surface area contributed by atoms with E-state index in [0.717, 1.165) is 0 Å². The summed E-state index contributed by atoms with van der Waals surface area (Å²) in [6.45, 7) is 13.1. The molecule has 0 N–H and O–H groups in total. The second-order valence-corrected chi connectivity index (χ2v) is 8.49. The van der Waals surface area contributed by atoms with Crippen molar-refractivity contribution >= 4 is 13.4 Å². The van der Waals surface area contributed by atoms with Gasteiger partial charge in [0.25, 0.3) is 0 Å². The summed E-state index contributed by atoms with van der Waals surface area (Å²) in [6.07, 6.45) is 0. The number of hydrogen-bond acceptors (Lipinski definition) is 1. The molecule has 1 aromatic carbocycles. The molecular weight excluding hydrogens is 249 g/mol. The molecule has 0 saturated heterocycles. The Balaban J connectivity index is 3.32. The largest absolute Gasteiger partial charge is 0.275 e. The van der Waals surface area contributed by atoms with E-state index < -0.39 is 8.07 Å². The molecule has 0 aromatic heterocycles. The van der Waals surface area contributed by atoms with Crippen molar-refractivity contribution in [1.29, 1.82) is 0 Å². The summed E-state index contributed by atoms with van der Waals surface area (Å²) in [6, 6.07) is 4.53. The van der Waals surface area contributed by atoms with Gasteiger partial charge in [0, 0.05) is 10.7 Å². The SMILES string of the molecule is Cc1cc(C)c(P(C#CC(C)(C)C)N(C)C)c(C)c1. The van der Waals surface area contributed by atoms with E-state index in [4.69, 9.17) is 0 Å². The molecule has 1 aromatic rings. The number of benzene rings is 1. The summed E-state index contributed by atoms with van der Waals surface area (Å²) in [4.78, 5) is 0. The molecule has 1 unspecified atom stereocenters. The van der Waals surface area contributed by atoms with Crippen LogP contribution < -0.4 is 5.30 Å². The molecule has 19 heavy (non-hydrogen) atoms. The van der Waals surface area contributed by atoms with Crippen molar-refractivity contribution in [2.45, 2.75) is 41.5 Å². The van der Waals surface area contributed by atoms with E-state index in [1.54, 1.807) is 0 Å². The van der Waals surface area contributed by atoms with Gasteiger partial charge in [-0.1, -0.05) is 29.3 Å². The number of nitrogens with zero attached hydrogens (tertiary/aromatic N) is 1. The lowest BCUT2D eigenvalue weighted by atomic mass is 9.99. The average Bonchev–Trinajstić information content (AvgIpc) is 2.19. The van der Waals surface area contributed by atoms with Crippen molar-refractivity contribution in [3.05, 3.63) is 28.8 Å². The van der Waals surface area contributed by atoms with Crippen LogP contribution in [0.25, 0.3) is 0 Å². The van der Waals surface area contributed by atoms with E-state index in [1.165, 1.54) is 22.0 Å². The van der Waals surface area contributed by atoms with Crippen LogP contribution in [-0.2, 0) is 0 Å². The molecular formula is C17H26NP. The highest BCUT2D eigenvalue weighted by molar-refractivity contribution is 7.68. The zero-order valence-electron chi connectivity index (χ0n) is 13.5. The van der Waals surface area contributed by atoms with Gasteiger partial charge in [0.1, 0.15) is 0 Å². The third-order valence-electron chi connectivity index (χ3n) is 2.78. The summed E-state index contributed by atoms with van der Waals surface area (Å²) in [7, 11) is 3.69. The van der Waals surface area contributed by atoms with Gasteiger partial charge in [-0.05, 0) is 66.8 Å². The minimum absolute atomic E-state index is 0.0586. The number of rotatable bonds is 2. The quantitative estimate of drug-likeness (QED) is 0.577. The first-order valence-electron chi connectivity index (χ1n) is 6.70. The predicted octanol–water partition coefficient (Wildman–Crippen LogP) is 4.20. The maximum atomic E-state index is 3.52. The highest BCUT2D eigenvalue weighted by Crippen LogP contribution is 2.38. The molecule has 2 heteroatoms. The van der Waals surface area contributed by atoms with Crippen LogP contribution in [0, 0.1) is 37.8 Å². The van der Waals surface area contributed by atoms with Crippen molar-refractivity contribution in [1.82, 2.24) is 4.67 Å². The minimum atomic E-state index is -0.561. The van der Waals surface area contributed by atoms with Crippen molar-refractivity contribution in [3.63, 3.8) is 0 Å². The average molecular weight is 275 g/mol. The van der Waals surface area contributed by atoms with E-state index in [0.29, 0.717) is 0 Å². The summed E-state index contributed by atoms with van der Waals surface area (Å²) in [5.74, 6) is 3.41. The fraction of sp³-hybridized carbons (Fsp3) is 0.529. The predicted molar refractivity (Wildman–Crippen MR) is 88.1 cm³/mol. The summed E-state index contributed by atoms with van der Waals surface area (Å²) in [5.41, 5.74) is 7.63.